The van der Waals surface area contributed by atoms with Crippen molar-refractivity contribution in [3.8, 4) is 0 Å². The number of carbonyl (C=O) groups excluding carboxylic acids is 1. The second-order valence-corrected chi connectivity index (χ2v) is 7.37. The SMILES string of the molecule is Cc1cc(C)c2nc(NC(=O)c3ccc(Cn4ccccc4=O)o3)sc2c1. The standard InChI is InChI=1S/C20H17N3O3S/c1-12-9-13(2)18-16(10-12)27-20(21-18)22-19(25)15-7-6-14(26-15)11-23-8-4-3-5-17(23)24/h3-10H,11H2,1-2H3,(H,21,22,25). The number of aromatic nitrogens is 2. The zero-order valence-corrected chi connectivity index (χ0v) is 15.7. The Hall–Kier alpha value is -3.19. The molecule has 0 fully saturated rings. The first-order valence-corrected chi connectivity index (χ1v) is 9.24. The third kappa shape index (κ3) is 3.54. The number of benzene rings is 1. The van der Waals surface area contributed by atoms with Crippen LogP contribution in [0.3, 0.4) is 0 Å². The summed E-state index contributed by atoms with van der Waals surface area (Å²) in [5, 5.41) is 3.32. The first-order chi connectivity index (χ1) is 13.0. The quantitative estimate of drug-likeness (QED) is 0.582. The zero-order valence-electron chi connectivity index (χ0n) is 14.9. The predicted molar refractivity (Wildman–Crippen MR) is 106 cm³/mol. The van der Waals surface area contributed by atoms with Gasteiger partial charge >= 0.3 is 0 Å². The topological polar surface area (TPSA) is 77.1 Å². The smallest absolute Gasteiger partial charge is 0.293 e. The Labute approximate surface area is 159 Å². The van der Waals surface area contributed by atoms with Crippen molar-refractivity contribution < 1.29 is 9.21 Å². The average Bonchev–Trinajstić information content (AvgIpc) is 3.24. The Balaban J connectivity index is 1.52. The van der Waals surface area contributed by atoms with E-state index in [1.54, 1.807) is 30.5 Å². The maximum atomic E-state index is 12.5. The highest BCUT2D eigenvalue weighted by atomic mass is 32.1. The molecule has 6 nitrogen and oxygen atoms in total. The van der Waals surface area contributed by atoms with Crippen molar-refractivity contribution in [3.63, 3.8) is 0 Å². The number of thiazole rings is 1. The number of hydrogen-bond acceptors (Lipinski definition) is 5. The van der Waals surface area contributed by atoms with Gasteiger partial charge in [0.25, 0.3) is 11.5 Å². The number of amides is 1. The molecule has 0 aliphatic carbocycles. The largest absolute Gasteiger partial charge is 0.454 e. The van der Waals surface area contributed by atoms with E-state index in [4.69, 9.17) is 4.42 Å². The number of anilines is 1. The van der Waals surface area contributed by atoms with Gasteiger partial charge in [-0.05, 0) is 49.2 Å². The van der Waals surface area contributed by atoms with Gasteiger partial charge in [0.2, 0.25) is 0 Å². The van der Waals surface area contributed by atoms with E-state index in [-0.39, 0.29) is 23.8 Å². The summed E-state index contributed by atoms with van der Waals surface area (Å²) in [6.07, 6.45) is 1.68. The number of furan rings is 1. The summed E-state index contributed by atoms with van der Waals surface area (Å²) < 4.78 is 8.15. The van der Waals surface area contributed by atoms with Crippen LogP contribution in [0.25, 0.3) is 10.2 Å². The van der Waals surface area contributed by atoms with E-state index in [2.05, 4.69) is 22.4 Å². The Bertz CT molecular complexity index is 1200. The molecular weight excluding hydrogens is 362 g/mol. The minimum atomic E-state index is -0.366. The lowest BCUT2D eigenvalue weighted by molar-refractivity contribution is 0.0994. The molecule has 136 valence electrons. The van der Waals surface area contributed by atoms with Crippen molar-refractivity contribution in [3.05, 3.63) is 81.7 Å². The van der Waals surface area contributed by atoms with Crippen molar-refractivity contribution in [2.24, 2.45) is 0 Å². The number of pyridine rings is 1. The fourth-order valence-electron chi connectivity index (χ4n) is 2.93. The molecule has 27 heavy (non-hydrogen) atoms. The summed E-state index contributed by atoms with van der Waals surface area (Å²) in [6, 6.07) is 12.3. The van der Waals surface area contributed by atoms with E-state index < -0.39 is 0 Å². The van der Waals surface area contributed by atoms with Crippen LogP contribution in [0.2, 0.25) is 0 Å². The summed E-state index contributed by atoms with van der Waals surface area (Å²) >= 11 is 1.43. The number of carbonyl (C=O) groups is 1. The fraction of sp³-hybridized carbons (Fsp3) is 0.150. The van der Waals surface area contributed by atoms with E-state index in [1.165, 1.54) is 22.0 Å². The Morgan fingerprint density at radius 3 is 2.89 bits per heavy atom. The number of fused-ring (bicyclic) bond motifs is 1. The molecule has 0 unspecified atom stereocenters. The molecule has 0 saturated carbocycles. The van der Waals surface area contributed by atoms with Gasteiger partial charge in [0, 0.05) is 12.3 Å². The maximum Gasteiger partial charge on any atom is 0.293 e. The molecule has 0 spiro atoms. The lowest BCUT2D eigenvalue weighted by Crippen LogP contribution is -2.18. The molecule has 0 aliphatic rings. The number of rotatable bonds is 4. The van der Waals surface area contributed by atoms with Gasteiger partial charge in [0.15, 0.2) is 10.9 Å². The summed E-state index contributed by atoms with van der Waals surface area (Å²) in [4.78, 5) is 28.8. The van der Waals surface area contributed by atoms with Crippen LogP contribution in [-0.4, -0.2) is 15.5 Å². The molecule has 4 rings (SSSR count). The first-order valence-electron chi connectivity index (χ1n) is 8.43. The number of nitrogens with zero attached hydrogens (tertiary/aromatic N) is 2. The summed E-state index contributed by atoms with van der Waals surface area (Å²) in [6.45, 7) is 4.31. The molecule has 0 saturated heterocycles. The highest BCUT2D eigenvalue weighted by Gasteiger charge is 2.15. The van der Waals surface area contributed by atoms with Crippen LogP contribution >= 0.6 is 11.3 Å². The third-order valence-electron chi connectivity index (χ3n) is 4.16. The predicted octanol–water partition coefficient (Wildman–Crippen LogP) is 3.97. The molecule has 4 aromatic rings. The van der Waals surface area contributed by atoms with Gasteiger partial charge in [-0.2, -0.15) is 0 Å². The van der Waals surface area contributed by atoms with Crippen molar-refractivity contribution >= 4 is 32.6 Å². The molecule has 0 radical (unpaired) electrons. The van der Waals surface area contributed by atoms with Gasteiger partial charge in [-0.3, -0.25) is 14.9 Å². The summed E-state index contributed by atoms with van der Waals surface area (Å²) in [7, 11) is 0. The van der Waals surface area contributed by atoms with Crippen molar-refractivity contribution in [1.29, 1.82) is 0 Å². The second kappa shape index (κ2) is 6.85. The molecule has 3 heterocycles. The molecule has 0 aliphatic heterocycles. The highest BCUT2D eigenvalue weighted by Crippen LogP contribution is 2.29. The van der Waals surface area contributed by atoms with Gasteiger partial charge in [0.05, 0.1) is 16.8 Å². The molecule has 0 atom stereocenters. The molecule has 1 aromatic carbocycles. The minimum absolute atomic E-state index is 0.125. The number of nitrogens with one attached hydrogen (secondary N) is 1. The van der Waals surface area contributed by atoms with E-state index in [9.17, 15) is 9.59 Å². The molecule has 0 bridgehead atoms. The van der Waals surface area contributed by atoms with Crippen molar-refractivity contribution in [2.75, 3.05) is 5.32 Å². The normalized spacial score (nSPS) is 11.0. The lowest BCUT2D eigenvalue weighted by atomic mass is 10.1. The Morgan fingerprint density at radius 1 is 1.22 bits per heavy atom. The highest BCUT2D eigenvalue weighted by molar-refractivity contribution is 7.22. The van der Waals surface area contributed by atoms with Gasteiger partial charge in [-0.1, -0.05) is 23.5 Å². The first kappa shape index (κ1) is 17.2. The van der Waals surface area contributed by atoms with Crippen molar-refractivity contribution in [2.45, 2.75) is 20.4 Å². The van der Waals surface area contributed by atoms with Gasteiger partial charge in [-0.15, -0.1) is 0 Å². The third-order valence-corrected chi connectivity index (χ3v) is 5.08. The van der Waals surface area contributed by atoms with E-state index >= 15 is 0 Å². The molecule has 1 N–H and O–H groups in total. The summed E-state index contributed by atoms with van der Waals surface area (Å²) in [5.41, 5.74) is 3.01. The summed E-state index contributed by atoms with van der Waals surface area (Å²) in [5.74, 6) is 0.348. The van der Waals surface area contributed by atoms with Gasteiger partial charge in [0.1, 0.15) is 5.76 Å². The molecule has 7 heteroatoms. The fourth-order valence-corrected chi connectivity index (χ4v) is 3.96. The molecule has 1 amide bonds. The molecule has 3 aromatic heterocycles. The van der Waals surface area contributed by atoms with Crippen LogP contribution in [0.4, 0.5) is 5.13 Å². The van der Waals surface area contributed by atoms with Crippen LogP contribution in [0.1, 0.15) is 27.4 Å². The van der Waals surface area contributed by atoms with Crippen LogP contribution in [-0.2, 0) is 6.54 Å². The van der Waals surface area contributed by atoms with Crippen LogP contribution in [0, 0.1) is 13.8 Å². The molecular formula is C20H17N3O3S. The number of hydrogen-bond donors (Lipinski definition) is 1. The minimum Gasteiger partial charge on any atom is -0.454 e. The van der Waals surface area contributed by atoms with Gasteiger partial charge in [-0.25, -0.2) is 4.98 Å². The monoisotopic (exact) mass is 379 g/mol. The van der Waals surface area contributed by atoms with E-state index in [0.29, 0.717) is 10.9 Å². The van der Waals surface area contributed by atoms with E-state index in [0.717, 1.165) is 21.3 Å². The lowest BCUT2D eigenvalue weighted by Gasteiger charge is -2.02. The number of aryl methyl sites for hydroxylation is 2. The van der Waals surface area contributed by atoms with Crippen molar-refractivity contribution in [1.82, 2.24) is 9.55 Å². The average molecular weight is 379 g/mol. The zero-order chi connectivity index (χ0) is 19.0. The second-order valence-electron chi connectivity index (χ2n) is 6.33. The van der Waals surface area contributed by atoms with E-state index in [1.807, 2.05) is 13.8 Å². The van der Waals surface area contributed by atoms with Crippen LogP contribution in [0.5, 0.6) is 0 Å². The Morgan fingerprint density at radius 2 is 2.07 bits per heavy atom. The maximum absolute atomic E-state index is 12.5. The van der Waals surface area contributed by atoms with Gasteiger partial charge < -0.3 is 8.98 Å². The van der Waals surface area contributed by atoms with Crippen LogP contribution < -0.4 is 10.9 Å². The van der Waals surface area contributed by atoms with Crippen LogP contribution in [0.15, 0.2) is 57.9 Å². The Kier molecular flexibility index (Phi) is 4.37.